The Hall–Kier alpha value is -4.09. The van der Waals surface area contributed by atoms with Crippen LogP contribution in [0, 0.1) is 0 Å². The van der Waals surface area contributed by atoms with E-state index in [1.807, 2.05) is 41.5 Å². The molecule has 0 atom stereocenters. The summed E-state index contributed by atoms with van der Waals surface area (Å²) in [6, 6.07) is -0.273. The number of piperazine rings is 2. The summed E-state index contributed by atoms with van der Waals surface area (Å²) in [6.45, 7) is 14.5. The van der Waals surface area contributed by atoms with E-state index in [0.717, 1.165) is 4.83 Å². The number of nitrogens with two attached hydrogens (primary N) is 1. The Balaban J connectivity index is 0.000000318. The largest absolute Gasteiger partial charge is 1.00 e. The van der Waals surface area contributed by atoms with Crippen LogP contribution >= 0.6 is 34.3 Å². The van der Waals surface area contributed by atoms with Crippen molar-refractivity contribution in [2.24, 2.45) is 0 Å². The summed E-state index contributed by atoms with van der Waals surface area (Å²) in [7, 11) is 3.04. The minimum Gasteiger partial charge on any atom is -1.00 e. The number of hydrogen-bond donors (Lipinski definition) is 2. The molecule has 2 aliphatic rings. The van der Waals surface area contributed by atoms with Crippen molar-refractivity contribution in [3.63, 3.8) is 0 Å². The molecule has 5 amide bonds. The van der Waals surface area contributed by atoms with Gasteiger partial charge in [0.05, 0.1) is 14.2 Å². The number of halogens is 1. The Morgan fingerprint density at radius 1 is 0.696 bits per heavy atom. The van der Waals surface area contributed by atoms with E-state index in [1.54, 1.807) is 14.7 Å². The number of anilines is 2. The van der Waals surface area contributed by atoms with Crippen LogP contribution in [0.5, 0.6) is 11.8 Å². The van der Waals surface area contributed by atoms with E-state index < -0.39 is 16.6 Å². The number of carbonyl (C=O) groups excluding carboxylic acids is 4. The van der Waals surface area contributed by atoms with Crippen molar-refractivity contribution in [3.05, 3.63) is 12.7 Å². The number of nitrogen functional groups attached to an aromatic ring is 1. The Kier molecular flexibility index (Phi) is 16.8. The van der Waals surface area contributed by atoms with Crippen molar-refractivity contribution in [1.29, 1.82) is 0 Å². The van der Waals surface area contributed by atoms with E-state index in [2.05, 4.69) is 35.2 Å². The number of urea groups is 1. The fourth-order valence-corrected chi connectivity index (χ4v) is 6.44. The fraction of sp³-hybridized carbons (Fsp3) is 0.562. The molecule has 56 heavy (non-hydrogen) atoms. The molecule has 0 radical (unpaired) electrons. The maximum Gasteiger partial charge on any atom is 1.00 e. The van der Waals surface area contributed by atoms with Gasteiger partial charge in [0.25, 0.3) is 0 Å². The van der Waals surface area contributed by atoms with Gasteiger partial charge in [-0.2, -0.15) is 9.97 Å². The average Bonchev–Trinajstić information content (AvgIpc) is 3.72. The first-order chi connectivity index (χ1) is 25.9. The monoisotopic (exact) mass is 848 g/mol. The molecule has 2 saturated heterocycles. The molecule has 0 spiro atoms. The van der Waals surface area contributed by atoms with Gasteiger partial charge in [-0.1, -0.05) is 22.7 Å². The van der Waals surface area contributed by atoms with Crippen LogP contribution in [0.1, 0.15) is 43.0 Å². The van der Waals surface area contributed by atoms with E-state index in [0.29, 0.717) is 90.2 Å². The van der Waals surface area contributed by atoms with Crippen LogP contribution in [0.4, 0.5) is 29.4 Å². The van der Waals surface area contributed by atoms with E-state index >= 15 is 0 Å². The molecule has 2 aliphatic heterocycles. The first kappa shape index (κ1) is 46.3. The molecule has 0 aliphatic carbocycles. The van der Waals surface area contributed by atoms with Gasteiger partial charge in [-0.3, -0.25) is 10.1 Å². The number of amides is 5. The molecule has 0 aromatic carbocycles. The maximum atomic E-state index is 12.5. The summed E-state index contributed by atoms with van der Waals surface area (Å²) >= 11 is 7.91. The Labute approximate surface area is 360 Å². The summed E-state index contributed by atoms with van der Waals surface area (Å²) < 4.78 is 20.7. The van der Waals surface area contributed by atoms with Crippen LogP contribution in [0.3, 0.4) is 0 Å². The summed E-state index contributed by atoms with van der Waals surface area (Å²) in [5, 5.41) is 3.20. The standard InChI is InChI=1S/C16H22N6O4S.C10H17ClN2O3.C6H6N4OS.Na.H/c1-16(2,3)26-15(24)22-7-5-21(6-8-22)14(23)20-13-19-10-11(25-4)17-9-18-12(10)27-13;1-10(2,3)16-9(15)13-6-4-12(5-7-13)8(11)14;1-11-4-3-5(9-2-8-4)12-6(7)10-3;;/h9H,5-8H2,1-4H3,(H,19,20,23);4-7H2,1-3H3;2H,1H3,(H2,7,10);;/q;;;+1;-1. The topological polar surface area (TPSA) is 234 Å². The zero-order valence-corrected chi connectivity index (χ0v) is 37.2. The van der Waals surface area contributed by atoms with Gasteiger partial charge >= 0.3 is 53.1 Å². The van der Waals surface area contributed by atoms with Crippen LogP contribution in [0.2, 0.25) is 0 Å². The van der Waals surface area contributed by atoms with Gasteiger partial charge in [0.15, 0.2) is 31.0 Å². The number of aromatic nitrogens is 6. The van der Waals surface area contributed by atoms with Gasteiger partial charge in [-0.15, -0.1) is 0 Å². The van der Waals surface area contributed by atoms with Gasteiger partial charge in [-0.05, 0) is 53.1 Å². The Bertz CT molecular complexity index is 1970. The number of nitrogens with zero attached hydrogens (tertiary/aromatic N) is 10. The van der Waals surface area contributed by atoms with Crippen molar-refractivity contribution in [1.82, 2.24) is 49.5 Å². The van der Waals surface area contributed by atoms with Gasteiger partial charge in [-0.25, -0.2) is 34.3 Å². The van der Waals surface area contributed by atoms with E-state index in [9.17, 15) is 19.2 Å². The van der Waals surface area contributed by atoms with E-state index in [4.69, 9.17) is 36.3 Å². The Morgan fingerprint density at radius 2 is 1.11 bits per heavy atom. The summed E-state index contributed by atoms with van der Waals surface area (Å²) in [5.74, 6) is 0.829. The molecule has 24 heteroatoms. The van der Waals surface area contributed by atoms with Crippen LogP contribution in [-0.4, -0.2) is 151 Å². The predicted octanol–water partition coefficient (Wildman–Crippen LogP) is 1.87. The third-order valence-corrected chi connectivity index (χ3v) is 9.25. The molecule has 4 aromatic rings. The van der Waals surface area contributed by atoms with Crippen LogP contribution < -0.4 is 50.1 Å². The van der Waals surface area contributed by atoms with E-state index in [1.165, 1.54) is 54.4 Å². The van der Waals surface area contributed by atoms with Crippen molar-refractivity contribution in [3.8, 4) is 11.8 Å². The number of rotatable bonds is 3. The zero-order chi connectivity index (χ0) is 40.5. The van der Waals surface area contributed by atoms with Gasteiger partial charge < -0.3 is 45.7 Å². The third kappa shape index (κ3) is 13.5. The molecule has 4 aromatic heterocycles. The second kappa shape index (κ2) is 20.4. The van der Waals surface area contributed by atoms with Gasteiger partial charge in [0.1, 0.15) is 23.9 Å². The van der Waals surface area contributed by atoms with Crippen molar-refractivity contribution in [2.75, 3.05) is 77.6 Å². The quantitative estimate of drug-likeness (QED) is 0.170. The van der Waals surface area contributed by atoms with Crippen molar-refractivity contribution in [2.45, 2.75) is 52.7 Å². The molecule has 2 fully saturated rings. The number of methoxy groups -OCH3 is 2. The number of ether oxygens (including phenoxy) is 4. The molecule has 6 heterocycles. The second-order valence-electron chi connectivity index (χ2n) is 13.7. The smallest absolute Gasteiger partial charge is 1.00 e. The molecule has 302 valence electrons. The second-order valence-corrected chi connectivity index (χ2v) is 16.0. The SMILES string of the molecule is CC(C)(C)OC(=O)N1CCN(C(=O)Cl)CC1.COc1ncnc2sc(N)nc12.COc1ncnc2sc(NC(=O)N3CCN(C(=O)OC(C)(C)C)CC3)nc12.[H-].[Na+]. The number of carbonyl (C=O) groups is 4. The predicted molar refractivity (Wildman–Crippen MR) is 208 cm³/mol. The van der Waals surface area contributed by atoms with Crippen molar-refractivity contribution < 1.29 is 69.1 Å². The summed E-state index contributed by atoms with van der Waals surface area (Å²) in [5.41, 5.74) is 5.61. The molecule has 0 unspecified atom stereocenters. The molecule has 0 bridgehead atoms. The normalized spacial score (nSPS) is 14.4. The first-order valence-corrected chi connectivity index (χ1v) is 18.9. The molecular weight excluding hydrogens is 803 g/mol. The fourth-order valence-electron chi connectivity index (χ4n) is 4.82. The van der Waals surface area contributed by atoms with E-state index in [-0.39, 0.29) is 49.2 Å². The minimum absolute atomic E-state index is 0. The van der Waals surface area contributed by atoms with Gasteiger partial charge in [0, 0.05) is 52.4 Å². The van der Waals surface area contributed by atoms with Crippen LogP contribution in [-0.2, 0) is 9.47 Å². The number of thiazole rings is 2. The summed E-state index contributed by atoms with van der Waals surface area (Å²) in [6.07, 6.45) is 2.12. The van der Waals surface area contributed by atoms with Crippen LogP contribution in [0.15, 0.2) is 12.7 Å². The first-order valence-electron chi connectivity index (χ1n) is 16.9. The Morgan fingerprint density at radius 3 is 1.54 bits per heavy atom. The van der Waals surface area contributed by atoms with Crippen LogP contribution in [0.25, 0.3) is 20.7 Å². The molecular formula is C32H46ClN12NaO8S2. The molecule has 6 rings (SSSR count). The number of nitrogens with one attached hydrogen (secondary N) is 1. The minimum atomic E-state index is -0.539. The summed E-state index contributed by atoms with van der Waals surface area (Å²) in [4.78, 5) is 79.2. The number of fused-ring (bicyclic) bond motifs is 2. The molecule has 0 saturated carbocycles. The molecule has 3 N–H and O–H groups in total. The van der Waals surface area contributed by atoms with Crippen molar-refractivity contribution >= 4 is 88.8 Å². The average molecular weight is 849 g/mol. The van der Waals surface area contributed by atoms with Gasteiger partial charge in [0.2, 0.25) is 11.8 Å². The third-order valence-electron chi connectivity index (χ3n) is 7.34. The number of hydrogen-bond acceptors (Lipinski definition) is 17. The molecule has 20 nitrogen and oxygen atoms in total. The zero-order valence-electron chi connectivity index (χ0n) is 33.8. The maximum absolute atomic E-state index is 12.5.